The molecule has 1 saturated carbocycles. The fourth-order valence-electron chi connectivity index (χ4n) is 2.69. The van der Waals surface area contributed by atoms with Gasteiger partial charge in [-0.05, 0) is 36.8 Å². The van der Waals surface area contributed by atoms with Crippen molar-refractivity contribution in [2.45, 2.75) is 38.6 Å². The van der Waals surface area contributed by atoms with Crippen LogP contribution in [0.15, 0.2) is 30.3 Å². The molecule has 1 fully saturated rings. The Kier molecular flexibility index (Phi) is 2.86. The first-order valence-corrected chi connectivity index (χ1v) is 6.00. The number of rotatable bonds is 3. The first kappa shape index (κ1) is 12.0. The van der Waals surface area contributed by atoms with Crippen LogP contribution in [-0.4, -0.2) is 16.6 Å². The van der Waals surface area contributed by atoms with Crippen molar-refractivity contribution in [2.75, 3.05) is 5.32 Å². The summed E-state index contributed by atoms with van der Waals surface area (Å²) in [5.74, 6) is -0.744. The van der Waals surface area contributed by atoms with E-state index in [0.717, 1.165) is 12.1 Å². The third-order valence-corrected chi connectivity index (χ3v) is 3.58. The van der Waals surface area contributed by atoms with E-state index < -0.39 is 11.5 Å². The second kappa shape index (κ2) is 4.06. The molecule has 3 heteroatoms. The zero-order chi connectivity index (χ0) is 12.5. The highest BCUT2D eigenvalue weighted by molar-refractivity contribution is 5.83. The van der Waals surface area contributed by atoms with Gasteiger partial charge in [0.25, 0.3) is 0 Å². The van der Waals surface area contributed by atoms with Gasteiger partial charge < -0.3 is 10.4 Å². The van der Waals surface area contributed by atoms with E-state index in [1.165, 1.54) is 0 Å². The van der Waals surface area contributed by atoms with Gasteiger partial charge in [0.15, 0.2) is 0 Å². The molecule has 2 N–H and O–H groups in total. The van der Waals surface area contributed by atoms with Gasteiger partial charge >= 0.3 is 5.97 Å². The molecule has 2 rings (SSSR count). The van der Waals surface area contributed by atoms with Crippen molar-refractivity contribution in [3.8, 4) is 0 Å². The lowest BCUT2D eigenvalue weighted by Crippen LogP contribution is -2.44. The molecule has 3 nitrogen and oxygen atoms in total. The summed E-state index contributed by atoms with van der Waals surface area (Å²) in [4.78, 5) is 11.6. The molecule has 92 valence electrons. The minimum absolute atomic E-state index is 0.0974. The van der Waals surface area contributed by atoms with Crippen LogP contribution in [0.2, 0.25) is 0 Å². The van der Waals surface area contributed by atoms with Gasteiger partial charge in [-0.1, -0.05) is 32.0 Å². The first-order valence-electron chi connectivity index (χ1n) is 6.00. The second-order valence-corrected chi connectivity index (χ2v) is 5.72. The number of carboxylic acid groups (broad SMARTS) is 1. The molecule has 0 bridgehead atoms. The highest BCUT2D eigenvalue weighted by Gasteiger charge is 2.48. The summed E-state index contributed by atoms with van der Waals surface area (Å²) in [5, 5.41) is 12.7. The van der Waals surface area contributed by atoms with Crippen molar-refractivity contribution in [2.24, 2.45) is 5.41 Å². The van der Waals surface area contributed by atoms with Gasteiger partial charge in [-0.15, -0.1) is 0 Å². The van der Waals surface area contributed by atoms with Gasteiger partial charge in [0.05, 0.1) is 0 Å². The predicted molar refractivity (Wildman–Crippen MR) is 68.1 cm³/mol. The summed E-state index contributed by atoms with van der Waals surface area (Å²) in [6.45, 7) is 4.26. The summed E-state index contributed by atoms with van der Waals surface area (Å²) in [6.07, 6.45) is 2.30. The Morgan fingerprint density at radius 3 is 2.35 bits per heavy atom. The van der Waals surface area contributed by atoms with Crippen molar-refractivity contribution < 1.29 is 9.90 Å². The third-order valence-electron chi connectivity index (χ3n) is 3.58. The smallest absolute Gasteiger partial charge is 0.329 e. The lowest BCUT2D eigenvalue weighted by molar-refractivity contribution is -0.142. The molecule has 17 heavy (non-hydrogen) atoms. The Morgan fingerprint density at radius 2 is 1.88 bits per heavy atom. The first-order chi connectivity index (χ1) is 7.94. The maximum absolute atomic E-state index is 11.6. The Balaban J connectivity index is 2.23. The average Bonchev–Trinajstić information content (AvgIpc) is 2.57. The summed E-state index contributed by atoms with van der Waals surface area (Å²) >= 11 is 0. The van der Waals surface area contributed by atoms with Gasteiger partial charge in [0.2, 0.25) is 0 Å². The summed E-state index contributed by atoms with van der Waals surface area (Å²) in [5.41, 5.74) is 0.179. The molecule has 1 atom stereocenters. The van der Waals surface area contributed by atoms with Crippen molar-refractivity contribution >= 4 is 11.7 Å². The largest absolute Gasteiger partial charge is 0.480 e. The number of hydrogen-bond acceptors (Lipinski definition) is 2. The molecule has 0 aliphatic heterocycles. The minimum Gasteiger partial charge on any atom is -0.480 e. The van der Waals surface area contributed by atoms with Gasteiger partial charge in [-0.25, -0.2) is 4.79 Å². The number of hydrogen-bond donors (Lipinski definition) is 2. The molecule has 1 aromatic rings. The van der Waals surface area contributed by atoms with Crippen LogP contribution in [-0.2, 0) is 4.79 Å². The SMILES string of the molecule is CC1(C)CCC(Nc2ccccc2)(C(=O)O)C1. The molecule has 0 radical (unpaired) electrons. The highest BCUT2D eigenvalue weighted by Crippen LogP contribution is 2.45. The molecule has 0 spiro atoms. The van der Waals surface area contributed by atoms with Crippen molar-refractivity contribution in [1.29, 1.82) is 0 Å². The molecule has 1 aliphatic rings. The lowest BCUT2D eigenvalue weighted by Gasteiger charge is -2.28. The third kappa shape index (κ3) is 2.43. The van der Waals surface area contributed by atoms with Crippen LogP contribution in [0, 0.1) is 5.41 Å². The van der Waals surface area contributed by atoms with E-state index in [2.05, 4.69) is 19.2 Å². The fraction of sp³-hybridized carbons (Fsp3) is 0.500. The monoisotopic (exact) mass is 233 g/mol. The molecule has 1 unspecified atom stereocenters. The highest BCUT2D eigenvalue weighted by atomic mass is 16.4. The number of nitrogens with one attached hydrogen (secondary N) is 1. The van der Waals surface area contributed by atoms with E-state index in [-0.39, 0.29) is 5.41 Å². The number of para-hydroxylation sites is 1. The molecule has 1 aromatic carbocycles. The second-order valence-electron chi connectivity index (χ2n) is 5.72. The van der Waals surface area contributed by atoms with Crippen LogP contribution >= 0.6 is 0 Å². The molecule has 0 amide bonds. The van der Waals surface area contributed by atoms with E-state index in [1.54, 1.807) is 0 Å². The van der Waals surface area contributed by atoms with E-state index >= 15 is 0 Å². The van der Waals surface area contributed by atoms with E-state index in [1.807, 2.05) is 30.3 Å². The van der Waals surface area contributed by atoms with Crippen molar-refractivity contribution in [3.63, 3.8) is 0 Å². The zero-order valence-corrected chi connectivity index (χ0v) is 10.4. The molecule has 0 saturated heterocycles. The lowest BCUT2D eigenvalue weighted by atomic mass is 9.87. The Bertz CT molecular complexity index is 413. The van der Waals surface area contributed by atoms with Gasteiger partial charge in [-0.2, -0.15) is 0 Å². The number of carbonyl (C=O) groups is 1. The van der Waals surface area contributed by atoms with E-state index in [9.17, 15) is 9.90 Å². The van der Waals surface area contributed by atoms with Crippen molar-refractivity contribution in [3.05, 3.63) is 30.3 Å². The number of benzene rings is 1. The molecule has 0 aromatic heterocycles. The Labute approximate surface area is 102 Å². The average molecular weight is 233 g/mol. The normalized spacial score (nSPS) is 26.7. The maximum atomic E-state index is 11.6. The summed E-state index contributed by atoms with van der Waals surface area (Å²) < 4.78 is 0. The summed E-state index contributed by atoms with van der Waals surface area (Å²) in [6, 6.07) is 9.58. The van der Waals surface area contributed by atoms with Gasteiger partial charge in [0, 0.05) is 5.69 Å². The minimum atomic E-state index is -0.801. The number of aliphatic carboxylic acids is 1. The fourth-order valence-corrected chi connectivity index (χ4v) is 2.69. The maximum Gasteiger partial charge on any atom is 0.329 e. The predicted octanol–water partition coefficient (Wildman–Crippen LogP) is 3.13. The topological polar surface area (TPSA) is 49.3 Å². The standard InChI is InChI=1S/C14H19NO2/c1-13(2)8-9-14(10-13,12(16)17)15-11-6-4-3-5-7-11/h3-7,15H,8-10H2,1-2H3,(H,16,17). The number of anilines is 1. The molecule has 1 aliphatic carbocycles. The van der Waals surface area contributed by atoms with Crippen LogP contribution in [0.4, 0.5) is 5.69 Å². The number of carboxylic acids is 1. The van der Waals surface area contributed by atoms with Crippen molar-refractivity contribution in [1.82, 2.24) is 0 Å². The van der Waals surface area contributed by atoms with E-state index in [0.29, 0.717) is 12.8 Å². The zero-order valence-electron chi connectivity index (χ0n) is 10.4. The van der Waals surface area contributed by atoms with Gasteiger partial charge in [-0.3, -0.25) is 0 Å². The molecular weight excluding hydrogens is 214 g/mol. The molecule has 0 heterocycles. The van der Waals surface area contributed by atoms with Crippen LogP contribution in [0.5, 0.6) is 0 Å². The molecular formula is C14H19NO2. The van der Waals surface area contributed by atoms with E-state index in [4.69, 9.17) is 0 Å². The Morgan fingerprint density at radius 1 is 1.24 bits per heavy atom. The van der Waals surface area contributed by atoms with Crippen LogP contribution in [0.1, 0.15) is 33.1 Å². The Hall–Kier alpha value is -1.51. The quantitative estimate of drug-likeness (QED) is 0.843. The van der Waals surface area contributed by atoms with Crippen LogP contribution in [0.25, 0.3) is 0 Å². The van der Waals surface area contributed by atoms with Crippen LogP contribution in [0.3, 0.4) is 0 Å². The summed E-state index contributed by atoms with van der Waals surface area (Å²) in [7, 11) is 0. The van der Waals surface area contributed by atoms with Crippen LogP contribution < -0.4 is 5.32 Å². The van der Waals surface area contributed by atoms with Gasteiger partial charge in [0.1, 0.15) is 5.54 Å².